The normalized spacial score (nSPS) is 26.0. The van der Waals surface area contributed by atoms with Crippen molar-refractivity contribution in [1.29, 1.82) is 0 Å². The molecule has 1 aromatic carbocycles. The van der Waals surface area contributed by atoms with E-state index >= 15 is 0 Å². The van der Waals surface area contributed by atoms with Crippen LogP contribution >= 0.6 is 0 Å². The second-order valence-corrected chi connectivity index (χ2v) is 4.98. The zero-order valence-electron chi connectivity index (χ0n) is 10.1. The Hall–Kier alpha value is -1.84. The van der Waals surface area contributed by atoms with Crippen LogP contribution in [0.25, 0.3) is 0 Å². The summed E-state index contributed by atoms with van der Waals surface area (Å²) in [6.45, 7) is 0.765. The Morgan fingerprint density at radius 2 is 2.11 bits per heavy atom. The fraction of sp³-hybridized carbons (Fsp3) is 0.429. The van der Waals surface area contributed by atoms with Crippen molar-refractivity contribution in [2.75, 3.05) is 6.54 Å². The van der Waals surface area contributed by atoms with Crippen LogP contribution in [-0.4, -0.2) is 35.3 Å². The maximum atomic E-state index is 12.3. The molecule has 4 heteroatoms. The molecule has 0 spiro atoms. The Balaban J connectivity index is 1.68. The second kappa shape index (κ2) is 4.44. The Morgan fingerprint density at radius 1 is 1.33 bits per heavy atom. The van der Waals surface area contributed by atoms with Crippen LogP contribution in [0.1, 0.15) is 18.4 Å². The lowest BCUT2D eigenvalue weighted by Crippen LogP contribution is -2.39. The standard InChI is InChI=1S/C14H16N2O2/c17-13-9-12-11(15-13)6-7-16(12)14(18)8-10-4-2-1-3-5-10/h1-5,11-12H,6-9H2,(H,15,17)/t11-,12-/m0/s1. The Labute approximate surface area is 106 Å². The van der Waals surface area contributed by atoms with E-state index < -0.39 is 0 Å². The van der Waals surface area contributed by atoms with Gasteiger partial charge in [-0.15, -0.1) is 0 Å². The molecule has 2 amide bonds. The maximum Gasteiger partial charge on any atom is 0.227 e. The van der Waals surface area contributed by atoms with Gasteiger partial charge in [-0.1, -0.05) is 30.3 Å². The molecule has 94 valence electrons. The molecule has 0 aliphatic carbocycles. The molecule has 0 unspecified atom stereocenters. The fourth-order valence-electron chi connectivity index (χ4n) is 2.91. The summed E-state index contributed by atoms with van der Waals surface area (Å²) >= 11 is 0. The highest BCUT2D eigenvalue weighted by atomic mass is 16.2. The average molecular weight is 244 g/mol. The smallest absolute Gasteiger partial charge is 0.227 e. The zero-order chi connectivity index (χ0) is 12.5. The molecule has 2 saturated heterocycles. The van der Waals surface area contributed by atoms with E-state index in [0.29, 0.717) is 12.8 Å². The quantitative estimate of drug-likeness (QED) is 0.833. The molecule has 2 atom stereocenters. The van der Waals surface area contributed by atoms with E-state index in [0.717, 1.165) is 18.5 Å². The average Bonchev–Trinajstić information content (AvgIpc) is 2.88. The topological polar surface area (TPSA) is 49.4 Å². The molecule has 0 radical (unpaired) electrons. The Bertz CT molecular complexity index is 472. The summed E-state index contributed by atoms with van der Waals surface area (Å²) < 4.78 is 0. The second-order valence-electron chi connectivity index (χ2n) is 4.98. The lowest BCUT2D eigenvalue weighted by molar-refractivity contribution is -0.131. The molecule has 2 fully saturated rings. The van der Waals surface area contributed by atoms with Gasteiger partial charge in [-0.25, -0.2) is 0 Å². The molecule has 1 N–H and O–H groups in total. The predicted molar refractivity (Wildman–Crippen MR) is 66.8 cm³/mol. The lowest BCUT2D eigenvalue weighted by Gasteiger charge is -2.22. The van der Waals surface area contributed by atoms with Gasteiger partial charge < -0.3 is 10.2 Å². The highest BCUT2D eigenvalue weighted by Gasteiger charge is 2.43. The third-order valence-electron chi connectivity index (χ3n) is 3.81. The van der Waals surface area contributed by atoms with Crippen molar-refractivity contribution < 1.29 is 9.59 Å². The molecular weight excluding hydrogens is 228 g/mol. The van der Waals surface area contributed by atoms with Crippen LogP contribution in [0.2, 0.25) is 0 Å². The van der Waals surface area contributed by atoms with Gasteiger partial charge in [-0.05, 0) is 12.0 Å². The predicted octanol–water partition coefficient (Wildman–Crippen LogP) is 0.718. The lowest BCUT2D eigenvalue weighted by atomic mass is 10.1. The molecule has 3 rings (SSSR count). The van der Waals surface area contributed by atoms with Crippen LogP contribution < -0.4 is 5.32 Å². The first-order chi connectivity index (χ1) is 8.74. The van der Waals surface area contributed by atoms with Gasteiger partial charge in [0.1, 0.15) is 0 Å². The molecule has 0 bridgehead atoms. The van der Waals surface area contributed by atoms with Crippen LogP contribution in [0.4, 0.5) is 0 Å². The van der Waals surface area contributed by atoms with Gasteiger partial charge in [0.25, 0.3) is 0 Å². The summed E-state index contributed by atoms with van der Waals surface area (Å²) in [6.07, 6.45) is 1.78. The SMILES string of the molecule is O=C1C[C@H]2[C@H](CCN2C(=O)Cc2ccccc2)N1. The summed E-state index contributed by atoms with van der Waals surface area (Å²) in [5.41, 5.74) is 1.03. The van der Waals surface area contributed by atoms with Gasteiger partial charge in [0.05, 0.1) is 18.5 Å². The number of amides is 2. The van der Waals surface area contributed by atoms with Crippen molar-refractivity contribution >= 4 is 11.8 Å². The third-order valence-corrected chi connectivity index (χ3v) is 3.81. The minimum Gasteiger partial charge on any atom is -0.351 e. The van der Waals surface area contributed by atoms with Gasteiger partial charge in [0, 0.05) is 13.0 Å². The molecular formula is C14H16N2O2. The van der Waals surface area contributed by atoms with Gasteiger partial charge >= 0.3 is 0 Å². The number of hydrogen-bond acceptors (Lipinski definition) is 2. The van der Waals surface area contributed by atoms with E-state index in [2.05, 4.69) is 5.32 Å². The van der Waals surface area contributed by atoms with Crippen molar-refractivity contribution in [1.82, 2.24) is 10.2 Å². The Morgan fingerprint density at radius 3 is 2.89 bits per heavy atom. The zero-order valence-corrected chi connectivity index (χ0v) is 10.1. The number of hydrogen-bond donors (Lipinski definition) is 1. The summed E-state index contributed by atoms with van der Waals surface area (Å²) in [5, 5.41) is 2.93. The highest BCUT2D eigenvalue weighted by molar-refractivity contribution is 5.84. The largest absolute Gasteiger partial charge is 0.351 e. The number of rotatable bonds is 2. The molecule has 18 heavy (non-hydrogen) atoms. The van der Waals surface area contributed by atoms with Crippen LogP contribution in [0.3, 0.4) is 0 Å². The molecule has 2 heterocycles. The first-order valence-corrected chi connectivity index (χ1v) is 6.37. The van der Waals surface area contributed by atoms with E-state index in [4.69, 9.17) is 0 Å². The van der Waals surface area contributed by atoms with E-state index in [-0.39, 0.29) is 23.9 Å². The number of nitrogens with one attached hydrogen (secondary N) is 1. The number of nitrogens with zero attached hydrogens (tertiary/aromatic N) is 1. The van der Waals surface area contributed by atoms with Crippen LogP contribution in [0.5, 0.6) is 0 Å². The first-order valence-electron chi connectivity index (χ1n) is 6.37. The molecule has 4 nitrogen and oxygen atoms in total. The third kappa shape index (κ3) is 1.98. The molecule has 2 aliphatic heterocycles. The minimum absolute atomic E-state index is 0.0715. The number of carbonyl (C=O) groups excluding carboxylic acids is 2. The van der Waals surface area contributed by atoms with Gasteiger partial charge in [0.15, 0.2) is 0 Å². The summed E-state index contributed by atoms with van der Waals surface area (Å²) in [5.74, 6) is 0.201. The van der Waals surface area contributed by atoms with Crippen molar-refractivity contribution in [3.8, 4) is 0 Å². The van der Waals surface area contributed by atoms with Crippen molar-refractivity contribution in [2.24, 2.45) is 0 Å². The number of fused-ring (bicyclic) bond motifs is 1. The molecule has 0 saturated carbocycles. The highest BCUT2D eigenvalue weighted by Crippen LogP contribution is 2.26. The van der Waals surface area contributed by atoms with E-state index in [1.807, 2.05) is 35.2 Å². The van der Waals surface area contributed by atoms with Gasteiger partial charge in [-0.3, -0.25) is 9.59 Å². The van der Waals surface area contributed by atoms with Gasteiger partial charge in [-0.2, -0.15) is 0 Å². The Kier molecular flexibility index (Phi) is 2.78. The fourth-order valence-corrected chi connectivity index (χ4v) is 2.91. The maximum absolute atomic E-state index is 12.3. The number of carbonyl (C=O) groups is 2. The van der Waals surface area contributed by atoms with E-state index in [1.165, 1.54) is 0 Å². The van der Waals surface area contributed by atoms with E-state index in [9.17, 15) is 9.59 Å². The van der Waals surface area contributed by atoms with Crippen LogP contribution in [-0.2, 0) is 16.0 Å². The van der Waals surface area contributed by atoms with Crippen molar-refractivity contribution in [2.45, 2.75) is 31.3 Å². The van der Waals surface area contributed by atoms with Crippen molar-refractivity contribution in [3.63, 3.8) is 0 Å². The molecule has 0 aromatic heterocycles. The van der Waals surface area contributed by atoms with E-state index in [1.54, 1.807) is 0 Å². The molecule has 2 aliphatic rings. The number of benzene rings is 1. The van der Waals surface area contributed by atoms with Crippen LogP contribution in [0, 0.1) is 0 Å². The summed E-state index contributed by atoms with van der Waals surface area (Å²) in [4.78, 5) is 25.5. The first kappa shape index (κ1) is 11.3. The minimum atomic E-state index is 0.0715. The monoisotopic (exact) mass is 244 g/mol. The number of likely N-dealkylation sites (tertiary alicyclic amines) is 1. The van der Waals surface area contributed by atoms with Crippen LogP contribution in [0.15, 0.2) is 30.3 Å². The van der Waals surface area contributed by atoms with Gasteiger partial charge in [0.2, 0.25) is 11.8 Å². The van der Waals surface area contributed by atoms with Crippen molar-refractivity contribution in [3.05, 3.63) is 35.9 Å². The molecule has 1 aromatic rings. The summed E-state index contributed by atoms with van der Waals surface area (Å²) in [7, 11) is 0. The summed E-state index contributed by atoms with van der Waals surface area (Å²) in [6, 6.07) is 10.0.